The molecular weight excluding hydrogens is 178 g/mol. The van der Waals surface area contributed by atoms with E-state index in [0.29, 0.717) is 19.2 Å². The average Bonchev–Trinajstić information content (AvgIpc) is 2.95. The van der Waals surface area contributed by atoms with Crippen LogP contribution in [0.4, 0.5) is 0 Å². The molecule has 1 rings (SSSR count). The standard InChI is InChI=1S/C11H23NO2/c1-4-9(2)14-8-11(3,13)7-12-10-5-6-10/h9-10,12-13H,4-8H2,1-3H3. The Morgan fingerprint density at radius 1 is 1.57 bits per heavy atom. The van der Waals surface area contributed by atoms with Crippen molar-refractivity contribution in [2.45, 2.75) is 57.8 Å². The number of hydrogen-bond donors (Lipinski definition) is 2. The van der Waals surface area contributed by atoms with Crippen LogP contribution in [0.3, 0.4) is 0 Å². The van der Waals surface area contributed by atoms with E-state index >= 15 is 0 Å². The van der Waals surface area contributed by atoms with Gasteiger partial charge in [-0.25, -0.2) is 0 Å². The van der Waals surface area contributed by atoms with E-state index < -0.39 is 5.60 Å². The molecule has 0 heterocycles. The van der Waals surface area contributed by atoms with Gasteiger partial charge in [0.2, 0.25) is 0 Å². The van der Waals surface area contributed by atoms with Crippen LogP contribution in [0.2, 0.25) is 0 Å². The Hall–Kier alpha value is -0.120. The fourth-order valence-electron chi connectivity index (χ4n) is 1.14. The summed E-state index contributed by atoms with van der Waals surface area (Å²) in [6.07, 6.45) is 3.74. The highest BCUT2D eigenvalue weighted by atomic mass is 16.5. The monoisotopic (exact) mass is 201 g/mol. The van der Waals surface area contributed by atoms with Crippen LogP contribution in [0.15, 0.2) is 0 Å². The van der Waals surface area contributed by atoms with Gasteiger partial charge in [0.1, 0.15) is 0 Å². The zero-order chi connectivity index (χ0) is 10.6. The van der Waals surface area contributed by atoms with E-state index in [9.17, 15) is 5.11 Å². The van der Waals surface area contributed by atoms with E-state index in [2.05, 4.69) is 12.2 Å². The van der Waals surface area contributed by atoms with Crippen LogP contribution in [-0.4, -0.2) is 36.0 Å². The van der Waals surface area contributed by atoms with E-state index in [0.717, 1.165) is 6.42 Å². The molecule has 1 saturated carbocycles. The molecule has 3 nitrogen and oxygen atoms in total. The van der Waals surface area contributed by atoms with Crippen LogP contribution in [0.1, 0.15) is 40.0 Å². The predicted molar refractivity (Wildman–Crippen MR) is 57.4 cm³/mol. The van der Waals surface area contributed by atoms with Crippen molar-refractivity contribution in [1.82, 2.24) is 5.32 Å². The molecule has 2 N–H and O–H groups in total. The molecule has 0 saturated heterocycles. The molecule has 0 amide bonds. The molecule has 0 aromatic carbocycles. The van der Waals surface area contributed by atoms with Crippen molar-refractivity contribution in [2.24, 2.45) is 0 Å². The van der Waals surface area contributed by atoms with E-state index in [1.807, 2.05) is 13.8 Å². The van der Waals surface area contributed by atoms with Gasteiger partial charge in [0.25, 0.3) is 0 Å². The van der Waals surface area contributed by atoms with Crippen molar-refractivity contribution >= 4 is 0 Å². The fourth-order valence-corrected chi connectivity index (χ4v) is 1.14. The summed E-state index contributed by atoms with van der Waals surface area (Å²) in [6, 6.07) is 0.644. The number of rotatable bonds is 7. The lowest BCUT2D eigenvalue weighted by Gasteiger charge is -2.25. The molecule has 0 spiro atoms. The van der Waals surface area contributed by atoms with Crippen molar-refractivity contribution in [3.63, 3.8) is 0 Å². The summed E-state index contributed by atoms with van der Waals surface area (Å²) in [7, 11) is 0. The topological polar surface area (TPSA) is 41.5 Å². The summed E-state index contributed by atoms with van der Waals surface area (Å²) in [5.74, 6) is 0. The fraction of sp³-hybridized carbons (Fsp3) is 1.00. The third-order valence-corrected chi connectivity index (χ3v) is 2.60. The lowest BCUT2D eigenvalue weighted by molar-refractivity contribution is -0.0575. The zero-order valence-electron chi connectivity index (χ0n) is 9.55. The van der Waals surface area contributed by atoms with Gasteiger partial charge in [0.15, 0.2) is 0 Å². The number of ether oxygens (including phenoxy) is 1. The summed E-state index contributed by atoms with van der Waals surface area (Å²) in [5.41, 5.74) is -0.730. The van der Waals surface area contributed by atoms with E-state index in [-0.39, 0.29) is 6.10 Å². The Kier molecular flexibility index (Phi) is 4.35. The van der Waals surface area contributed by atoms with Crippen molar-refractivity contribution in [3.05, 3.63) is 0 Å². The van der Waals surface area contributed by atoms with Crippen LogP contribution in [0.25, 0.3) is 0 Å². The lowest BCUT2D eigenvalue weighted by atomic mass is 10.1. The molecule has 0 radical (unpaired) electrons. The minimum absolute atomic E-state index is 0.238. The summed E-state index contributed by atoms with van der Waals surface area (Å²) in [6.45, 7) is 6.99. The van der Waals surface area contributed by atoms with Gasteiger partial charge in [-0.3, -0.25) is 0 Å². The summed E-state index contributed by atoms with van der Waals surface area (Å²) in [4.78, 5) is 0. The minimum atomic E-state index is -0.730. The average molecular weight is 201 g/mol. The Morgan fingerprint density at radius 3 is 2.71 bits per heavy atom. The maximum atomic E-state index is 9.95. The van der Waals surface area contributed by atoms with Gasteiger partial charge in [0.05, 0.1) is 18.3 Å². The third kappa shape index (κ3) is 4.94. The summed E-state index contributed by atoms with van der Waals surface area (Å²) in [5, 5.41) is 13.3. The van der Waals surface area contributed by atoms with Gasteiger partial charge in [-0.05, 0) is 33.1 Å². The van der Waals surface area contributed by atoms with Crippen LogP contribution in [0.5, 0.6) is 0 Å². The molecule has 1 aliphatic rings. The Bertz CT molecular complexity index is 167. The van der Waals surface area contributed by atoms with Crippen molar-refractivity contribution in [3.8, 4) is 0 Å². The van der Waals surface area contributed by atoms with Gasteiger partial charge in [-0.15, -0.1) is 0 Å². The zero-order valence-corrected chi connectivity index (χ0v) is 9.55. The molecule has 2 atom stereocenters. The quantitative estimate of drug-likeness (QED) is 0.652. The van der Waals surface area contributed by atoms with Crippen LogP contribution < -0.4 is 5.32 Å². The van der Waals surface area contributed by atoms with Gasteiger partial charge in [0, 0.05) is 12.6 Å². The molecule has 2 unspecified atom stereocenters. The van der Waals surface area contributed by atoms with E-state index in [4.69, 9.17) is 4.74 Å². The Labute approximate surface area is 86.8 Å². The van der Waals surface area contributed by atoms with Crippen LogP contribution in [-0.2, 0) is 4.74 Å². The highest BCUT2D eigenvalue weighted by Gasteiger charge is 2.27. The summed E-state index contributed by atoms with van der Waals surface area (Å²) >= 11 is 0. The Balaban J connectivity index is 2.11. The van der Waals surface area contributed by atoms with Gasteiger partial charge in [-0.1, -0.05) is 6.92 Å². The van der Waals surface area contributed by atoms with Crippen molar-refractivity contribution in [1.29, 1.82) is 0 Å². The number of aliphatic hydroxyl groups is 1. The molecule has 3 heteroatoms. The number of nitrogens with one attached hydrogen (secondary N) is 1. The minimum Gasteiger partial charge on any atom is -0.386 e. The Morgan fingerprint density at radius 2 is 2.21 bits per heavy atom. The lowest BCUT2D eigenvalue weighted by Crippen LogP contribution is -2.43. The smallest absolute Gasteiger partial charge is 0.0975 e. The first-order valence-electron chi connectivity index (χ1n) is 5.61. The molecule has 84 valence electrons. The molecule has 0 bridgehead atoms. The third-order valence-electron chi connectivity index (χ3n) is 2.60. The first kappa shape index (κ1) is 12.0. The highest BCUT2D eigenvalue weighted by molar-refractivity contribution is 4.85. The van der Waals surface area contributed by atoms with Gasteiger partial charge in [-0.2, -0.15) is 0 Å². The van der Waals surface area contributed by atoms with E-state index in [1.165, 1.54) is 12.8 Å². The molecule has 0 aliphatic heterocycles. The second-order valence-corrected chi connectivity index (χ2v) is 4.68. The van der Waals surface area contributed by atoms with Gasteiger partial charge < -0.3 is 15.2 Å². The molecule has 1 fully saturated rings. The second-order valence-electron chi connectivity index (χ2n) is 4.68. The molecular formula is C11H23NO2. The van der Waals surface area contributed by atoms with Crippen LogP contribution >= 0.6 is 0 Å². The van der Waals surface area contributed by atoms with Crippen molar-refractivity contribution in [2.75, 3.05) is 13.2 Å². The maximum absolute atomic E-state index is 9.95. The van der Waals surface area contributed by atoms with Gasteiger partial charge >= 0.3 is 0 Å². The van der Waals surface area contributed by atoms with Crippen LogP contribution in [0, 0.1) is 0 Å². The highest BCUT2D eigenvalue weighted by Crippen LogP contribution is 2.19. The maximum Gasteiger partial charge on any atom is 0.0975 e. The molecule has 1 aliphatic carbocycles. The second kappa shape index (κ2) is 5.10. The van der Waals surface area contributed by atoms with Crippen molar-refractivity contribution < 1.29 is 9.84 Å². The summed E-state index contributed by atoms with van der Waals surface area (Å²) < 4.78 is 5.52. The normalized spacial score (nSPS) is 23.1. The SMILES string of the molecule is CCC(C)OCC(C)(O)CNC1CC1. The molecule has 0 aromatic heterocycles. The molecule has 14 heavy (non-hydrogen) atoms. The number of hydrogen-bond acceptors (Lipinski definition) is 3. The largest absolute Gasteiger partial charge is 0.386 e. The molecule has 0 aromatic rings. The first-order chi connectivity index (χ1) is 6.53. The van der Waals surface area contributed by atoms with E-state index in [1.54, 1.807) is 0 Å². The first-order valence-corrected chi connectivity index (χ1v) is 5.61. The predicted octanol–water partition coefficient (Wildman–Crippen LogP) is 1.30.